The minimum Gasteiger partial charge on any atom is -0.365 e. The molecule has 7 heteroatoms. The van der Waals surface area contributed by atoms with Crippen molar-refractivity contribution < 1.29 is 4.39 Å². The zero-order valence-electron chi connectivity index (χ0n) is 13.7. The lowest BCUT2D eigenvalue weighted by atomic mass is 10.1. The van der Waals surface area contributed by atoms with Crippen molar-refractivity contribution in [1.82, 2.24) is 19.7 Å². The Bertz CT molecular complexity index is 844. The topological polar surface area (TPSA) is 55.6 Å². The number of aromatic nitrogens is 4. The van der Waals surface area contributed by atoms with Crippen molar-refractivity contribution in [1.29, 1.82) is 0 Å². The van der Waals surface area contributed by atoms with E-state index in [-0.39, 0.29) is 11.1 Å². The van der Waals surface area contributed by atoms with Crippen LogP contribution >= 0.6 is 11.6 Å². The molecule has 3 rings (SSSR count). The van der Waals surface area contributed by atoms with Gasteiger partial charge in [0.15, 0.2) is 5.65 Å². The SMILES string of the molecule is CCCCc1nn(C)c2nc(Cl)nc(NCc3ccc(F)cc3)c12. The average Bonchev–Trinajstić information content (AvgIpc) is 2.88. The molecule has 1 N–H and O–H groups in total. The van der Waals surface area contributed by atoms with Gasteiger partial charge in [0.1, 0.15) is 11.6 Å². The third-order valence-corrected chi connectivity index (χ3v) is 4.04. The van der Waals surface area contributed by atoms with Crippen LogP contribution in [0, 0.1) is 5.82 Å². The number of nitrogens with one attached hydrogen (secondary N) is 1. The number of unbranched alkanes of at least 4 members (excludes halogenated alkanes) is 1. The van der Waals surface area contributed by atoms with Gasteiger partial charge in [-0.1, -0.05) is 25.5 Å². The van der Waals surface area contributed by atoms with Crippen LogP contribution in [0.5, 0.6) is 0 Å². The smallest absolute Gasteiger partial charge is 0.226 e. The Morgan fingerprint density at radius 1 is 1.21 bits per heavy atom. The maximum atomic E-state index is 13.0. The minimum absolute atomic E-state index is 0.175. The highest BCUT2D eigenvalue weighted by molar-refractivity contribution is 6.28. The van der Waals surface area contributed by atoms with Crippen molar-refractivity contribution in [2.24, 2.45) is 7.05 Å². The van der Waals surface area contributed by atoms with Crippen LogP contribution in [0.2, 0.25) is 5.28 Å². The molecule has 0 aliphatic rings. The molecule has 3 aromatic rings. The molecule has 0 aliphatic heterocycles. The van der Waals surface area contributed by atoms with Gasteiger partial charge in [-0.05, 0) is 42.1 Å². The molecular weight excluding hydrogens is 329 g/mol. The van der Waals surface area contributed by atoms with Gasteiger partial charge in [-0.25, -0.2) is 9.07 Å². The quantitative estimate of drug-likeness (QED) is 0.682. The van der Waals surface area contributed by atoms with Crippen molar-refractivity contribution >= 4 is 28.5 Å². The summed E-state index contributed by atoms with van der Waals surface area (Å²) in [5.41, 5.74) is 2.63. The van der Waals surface area contributed by atoms with Gasteiger partial charge in [0, 0.05) is 13.6 Å². The largest absolute Gasteiger partial charge is 0.365 e. The predicted molar refractivity (Wildman–Crippen MR) is 93.7 cm³/mol. The first-order chi connectivity index (χ1) is 11.6. The van der Waals surface area contributed by atoms with Crippen molar-refractivity contribution in [2.45, 2.75) is 32.7 Å². The highest BCUT2D eigenvalue weighted by Crippen LogP contribution is 2.27. The highest BCUT2D eigenvalue weighted by atomic mass is 35.5. The lowest BCUT2D eigenvalue weighted by molar-refractivity contribution is 0.627. The van der Waals surface area contributed by atoms with Crippen LogP contribution in [0.25, 0.3) is 11.0 Å². The number of fused-ring (bicyclic) bond motifs is 1. The molecule has 5 nitrogen and oxygen atoms in total. The Kier molecular flexibility index (Phi) is 4.94. The number of halogens is 2. The summed E-state index contributed by atoms with van der Waals surface area (Å²) >= 11 is 6.06. The van der Waals surface area contributed by atoms with Gasteiger partial charge >= 0.3 is 0 Å². The minimum atomic E-state index is -0.250. The molecule has 0 unspecified atom stereocenters. The Morgan fingerprint density at radius 2 is 1.96 bits per heavy atom. The van der Waals surface area contributed by atoms with Crippen LogP contribution in [-0.4, -0.2) is 19.7 Å². The molecule has 0 aliphatic carbocycles. The summed E-state index contributed by atoms with van der Waals surface area (Å²) in [5, 5.41) is 8.92. The molecule has 0 spiro atoms. The van der Waals surface area contributed by atoms with E-state index < -0.39 is 0 Å². The summed E-state index contributed by atoms with van der Waals surface area (Å²) in [6.45, 7) is 2.66. The molecule has 2 heterocycles. The van der Waals surface area contributed by atoms with Gasteiger partial charge in [-0.3, -0.25) is 0 Å². The van der Waals surface area contributed by atoms with Crippen LogP contribution in [-0.2, 0) is 20.0 Å². The zero-order valence-corrected chi connectivity index (χ0v) is 14.4. The van der Waals surface area contributed by atoms with Crippen molar-refractivity contribution in [3.05, 3.63) is 46.6 Å². The first-order valence-electron chi connectivity index (χ1n) is 7.96. The summed E-state index contributed by atoms with van der Waals surface area (Å²) in [4.78, 5) is 8.63. The van der Waals surface area contributed by atoms with E-state index in [0.717, 1.165) is 35.9 Å². The number of rotatable bonds is 6. The van der Waals surface area contributed by atoms with Gasteiger partial charge in [0.2, 0.25) is 5.28 Å². The molecular formula is C17H19ClFN5. The van der Waals surface area contributed by atoms with E-state index >= 15 is 0 Å². The first-order valence-corrected chi connectivity index (χ1v) is 8.33. The summed E-state index contributed by atoms with van der Waals surface area (Å²) in [6.07, 6.45) is 3.00. The van der Waals surface area contributed by atoms with Gasteiger partial charge in [-0.15, -0.1) is 0 Å². The zero-order chi connectivity index (χ0) is 17.1. The molecule has 2 aromatic heterocycles. The fourth-order valence-electron chi connectivity index (χ4n) is 2.64. The number of nitrogens with zero attached hydrogens (tertiary/aromatic N) is 4. The third-order valence-electron chi connectivity index (χ3n) is 3.87. The second-order valence-corrected chi connectivity index (χ2v) is 6.03. The first kappa shape index (κ1) is 16.6. The summed E-state index contributed by atoms with van der Waals surface area (Å²) < 4.78 is 14.7. The van der Waals surface area contributed by atoms with Crippen LogP contribution in [0.4, 0.5) is 10.2 Å². The van der Waals surface area contributed by atoms with E-state index in [1.165, 1.54) is 12.1 Å². The lowest BCUT2D eigenvalue weighted by Crippen LogP contribution is -2.04. The molecule has 0 bridgehead atoms. The number of aryl methyl sites for hydroxylation is 2. The monoisotopic (exact) mass is 347 g/mol. The van der Waals surface area contributed by atoms with Gasteiger partial charge < -0.3 is 5.32 Å². The Morgan fingerprint density at radius 3 is 2.67 bits per heavy atom. The summed E-state index contributed by atoms with van der Waals surface area (Å²) in [6, 6.07) is 6.36. The van der Waals surface area contributed by atoms with Crippen LogP contribution in [0.1, 0.15) is 31.0 Å². The Balaban J connectivity index is 1.94. The molecule has 0 fully saturated rings. The van der Waals surface area contributed by atoms with Gasteiger partial charge in [-0.2, -0.15) is 15.1 Å². The normalized spacial score (nSPS) is 11.2. The molecule has 126 valence electrons. The lowest BCUT2D eigenvalue weighted by Gasteiger charge is -2.08. The van der Waals surface area contributed by atoms with E-state index in [0.29, 0.717) is 18.0 Å². The maximum Gasteiger partial charge on any atom is 0.226 e. The molecule has 0 atom stereocenters. The fourth-order valence-corrected chi connectivity index (χ4v) is 2.80. The maximum absolute atomic E-state index is 13.0. The second-order valence-electron chi connectivity index (χ2n) is 5.69. The van der Waals surface area contributed by atoms with Crippen molar-refractivity contribution in [3.8, 4) is 0 Å². The number of hydrogen-bond donors (Lipinski definition) is 1. The van der Waals surface area contributed by atoms with Crippen molar-refractivity contribution in [3.63, 3.8) is 0 Å². The van der Waals surface area contributed by atoms with E-state index in [4.69, 9.17) is 11.6 Å². The second kappa shape index (κ2) is 7.13. The number of anilines is 1. The third kappa shape index (κ3) is 3.48. The van der Waals surface area contributed by atoms with E-state index in [1.54, 1.807) is 16.8 Å². The standard InChI is InChI=1S/C17H19ClFN5/c1-3-4-5-13-14-15(20-10-11-6-8-12(19)9-7-11)21-17(18)22-16(14)24(2)23-13/h6-9H,3-5,10H2,1-2H3,(H,20,21,22). The molecule has 0 radical (unpaired) electrons. The molecule has 0 amide bonds. The Hall–Kier alpha value is -2.21. The van der Waals surface area contributed by atoms with Gasteiger partial charge in [0.25, 0.3) is 0 Å². The van der Waals surface area contributed by atoms with Crippen LogP contribution in [0.15, 0.2) is 24.3 Å². The molecule has 0 saturated heterocycles. The average molecular weight is 348 g/mol. The summed E-state index contributed by atoms with van der Waals surface area (Å²) in [7, 11) is 1.85. The van der Waals surface area contributed by atoms with E-state index in [1.807, 2.05) is 7.05 Å². The predicted octanol–water partition coefficient (Wildman–Crippen LogP) is 4.11. The summed E-state index contributed by atoms with van der Waals surface area (Å²) in [5.74, 6) is 0.411. The molecule has 0 saturated carbocycles. The van der Waals surface area contributed by atoms with Crippen LogP contribution in [0.3, 0.4) is 0 Å². The van der Waals surface area contributed by atoms with Gasteiger partial charge in [0.05, 0.1) is 11.1 Å². The van der Waals surface area contributed by atoms with E-state index in [2.05, 4.69) is 27.3 Å². The number of hydrogen-bond acceptors (Lipinski definition) is 4. The highest BCUT2D eigenvalue weighted by Gasteiger charge is 2.16. The number of benzene rings is 1. The Labute approximate surface area is 144 Å². The van der Waals surface area contributed by atoms with E-state index in [9.17, 15) is 4.39 Å². The molecule has 24 heavy (non-hydrogen) atoms. The van der Waals surface area contributed by atoms with Crippen molar-refractivity contribution in [2.75, 3.05) is 5.32 Å². The van der Waals surface area contributed by atoms with Crippen LogP contribution < -0.4 is 5.32 Å². The molecule has 1 aromatic carbocycles. The fraction of sp³-hybridized carbons (Fsp3) is 0.353.